The fraction of sp³-hybridized carbons (Fsp3) is 0.238. The molecule has 11 heteroatoms. The second-order valence-corrected chi connectivity index (χ2v) is 6.67. The van der Waals surface area contributed by atoms with Crippen LogP contribution in [0.3, 0.4) is 0 Å². The van der Waals surface area contributed by atoms with E-state index in [1.165, 1.54) is 38.5 Å². The minimum absolute atomic E-state index is 0.00386. The van der Waals surface area contributed by atoms with E-state index in [0.717, 1.165) is 0 Å². The number of carbonyl (C=O) groups excluding carboxylic acids is 3. The monoisotopic (exact) mass is 441 g/mol. The van der Waals surface area contributed by atoms with Crippen LogP contribution in [-0.4, -0.2) is 50.8 Å². The summed E-state index contributed by atoms with van der Waals surface area (Å²) in [7, 11) is 4.29. The predicted octanol–water partition coefficient (Wildman–Crippen LogP) is 0.594. The molecule has 0 fully saturated rings. The lowest BCUT2D eigenvalue weighted by Crippen LogP contribution is -2.45. The lowest BCUT2D eigenvalue weighted by atomic mass is 10.1. The van der Waals surface area contributed by atoms with Gasteiger partial charge < -0.3 is 19.9 Å². The number of rotatable bonds is 7. The number of hydrazine groups is 1. The van der Waals surface area contributed by atoms with Gasteiger partial charge >= 0.3 is 0 Å². The van der Waals surface area contributed by atoms with Crippen molar-refractivity contribution in [2.75, 3.05) is 26.3 Å². The first-order valence-corrected chi connectivity index (χ1v) is 9.51. The van der Waals surface area contributed by atoms with Crippen LogP contribution in [0, 0.1) is 0 Å². The van der Waals surface area contributed by atoms with Crippen molar-refractivity contribution in [3.05, 3.63) is 48.0 Å². The fourth-order valence-corrected chi connectivity index (χ4v) is 3.16. The molecule has 3 rings (SSSR count). The topological polar surface area (TPSA) is 145 Å². The Balaban J connectivity index is 1.73. The van der Waals surface area contributed by atoms with Gasteiger partial charge in [-0.05, 0) is 24.3 Å². The van der Waals surface area contributed by atoms with Crippen LogP contribution in [0.2, 0.25) is 0 Å². The Hall–Kier alpha value is -4.28. The summed E-state index contributed by atoms with van der Waals surface area (Å²) < 4.78 is 15.7. The number of methoxy groups -OCH3 is 3. The molecule has 4 N–H and O–H groups in total. The van der Waals surface area contributed by atoms with Crippen LogP contribution < -0.4 is 35.8 Å². The van der Waals surface area contributed by atoms with Crippen molar-refractivity contribution < 1.29 is 28.6 Å². The van der Waals surface area contributed by atoms with Crippen LogP contribution in [0.5, 0.6) is 17.2 Å². The number of nitrogens with two attached hydrogens (primary N) is 1. The summed E-state index contributed by atoms with van der Waals surface area (Å²) >= 11 is 0. The van der Waals surface area contributed by atoms with Gasteiger partial charge in [0, 0.05) is 12.0 Å². The molecule has 0 aliphatic carbocycles. The number of anilines is 1. The van der Waals surface area contributed by atoms with Gasteiger partial charge in [-0.3, -0.25) is 30.2 Å². The Morgan fingerprint density at radius 3 is 2.09 bits per heavy atom. The third-order valence-electron chi connectivity index (χ3n) is 4.74. The number of hydrogen-bond donors (Lipinski definition) is 3. The van der Waals surface area contributed by atoms with Crippen molar-refractivity contribution in [2.24, 2.45) is 10.8 Å². The average Bonchev–Trinajstić information content (AvgIpc) is 3.28. The largest absolute Gasteiger partial charge is 0.493 e. The third kappa shape index (κ3) is 4.56. The van der Waals surface area contributed by atoms with Crippen molar-refractivity contribution in [3.63, 3.8) is 0 Å². The quantitative estimate of drug-likeness (QED) is 0.534. The maximum atomic E-state index is 12.6. The molecule has 0 aromatic heterocycles. The minimum atomic E-state index is -0.816. The molecule has 1 heterocycles. The van der Waals surface area contributed by atoms with Gasteiger partial charge in [-0.15, -0.1) is 0 Å². The highest BCUT2D eigenvalue weighted by atomic mass is 16.5. The fourth-order valence-electron chi connectivity index (χ4n) is 3.16. The number of nitrogens with one attached hydrogen (secondary N) is 2. The molecule has 1 atom stereocenters. The number of hydrogen-bond acceptors (Lipinski definition) is 8. The second kappa shape index (κ2) is 9.69. The number of amides is 3. The standard InChI is InChI=1S/C21H23N5O6/c1-30-16-9-12(10-17(31-2)18(16)32-3)20(28)23-24-21(29)14-11-15(19(22)27)26(25-14)13-7-5-4-6-8-13/h4-10,15H,11H2,1-3H3,(H2,22,27)(H,23,28)(H,24,29). The van der Waals surface area contributed by atoms with E-state index >= 15 is 0 Å². The molecule has 11 nitrogen and oxygen atoms in total. The summed E-state index contributed by atoms with van der Waals surface area (Å²) in [6, 6.07) is 10.9. The summed E-state index contributed by atoms with van der Waals surface area (Å²) in [5.74, 6) is -1.02. The summed E-state index contributed by atoms with van der Waals surface area (Å²) in [5, 5.41) is 5.61. The molecular weight excluding hydrogens is 418 g/mol. The van der Waals surface area contributed by atoms with Crippen LogP contribution in [0.4, 0.5) is 5.69 Å². The molecule has 3 amide bonds. The zero-order valence-electron chi connectivity index (χ0n) is 17.7. The number of para-hydroxylation sites is 1. The Bertz CT molecular complexity index is 1030. The summed E-state index contributed by atoms with van der Waals surface area (Å²) in [6.45, 7) is 0. The van der Waals surface area contributed by atoms with E-state index in [4.69, 9.17) is 19.9 Å². The van der Waals surface area contributed by atoms with Crippen LogP contribution in [0.25, 0.3) is 0 Å². The van der Waals surface area contributed by atoms with E-state index in [1.807, 2.05) is 6.07 Å². The summed E-state index contributed by atoms with van der Waals surface area (Å²) in [5.41, 5.74) is 10.9. The van der Waals surface area contributed by atoms with Gasteiger partial charge in [0.25, 0.3) is 11.8 Å². The Morgan fingerprint density at radius 1 is 0.969 bits per heavy atom. The second-order valence-electron chi connectivity index (χ2n) is 6.67. The molecule has 2 aromatic carbocycles. The van der Waals surface area contributed by atoms with Gasteiger partial charge in [0.15, 0.2) is 11.5 Å². The highest BCUT2D eigenvalue weighted by molar-refractivity contribution is 6.40. The van der Waals surface area contributed by atoms with Gasteiger partial charge in [0.05, 0.1) is 27.0 Å². The highest BCUT2D eigenvalue weighted by Gasteiger charge is 2.35. The Labute approximate surface area is 184 Å². The third-order valence-corrected chi connectivity index (χ3v) is 4.74. The molecule has 0 bridgehead atoms. The van der Waals surface area contributed by atoms with Gasteiger partial charge in [0.2, 0.25) is 11.7 Å². The van der Waals surface area contributed by atoms with Crippen LogP contribution in [-0.2, 0) is 9.59 Å². The number of benzene rings is 2. The van der Waals surface area contributed by atoms with Crippen molar-refractivity contribution in [3.8, 4) is 17.2 Å². The SMILES string of the molecule is COc1cc(C(=O)NNC(=O)C2=NN(c3ccccc3)C(C(N)=O)C2)cc(OC)c1OC. The normalized spacial score (nSPS) is 14.9. The number of nitrogens with zero attached hydrogens (tertiary/aromatic N) is 2. The van der Waals surface area contributed by atoms with Crippen molar-refractivity contribution in [1.82, 2.24) is 10.9 Å². The lowest BCUT2D eigenvalue weighted by Gasteiger charge is -2.20. The highest BCUT2D eigenvalue weighted by Crippen LogP contribution is 2.38. The van der Waals surface area contributed by atoms with Crippen molar-refractivity contribution in [1.29, 1.82) is 0 Å². The van der Waals surface area contributed by atoms with E-state index in [1.54, 1.807) is 24.3 Å². The number of hydrazone groups is 1. The number of primary amides is 1. The molecule has 0 saturated carbocycles. The first kappa shape index (κ1) is 22.4. The average molecular weight is 441 g/mol. The summed E-state index contributed by atoms with van der Waals surface area (Å²) in [6.07, 6.45) is -0.00386. The Kier molecular flexibility index (Phi) is 6.78. The molecule has 168 valence electrons. The number of carbonyl (C=O) groups is 3. The van der Waals surface area contributed by atoms with E-state index in [2.05, 4.69) is 16.0 Å². The predicted molar refractivity (Wildman–Crippen MR) is 116 cm³/mol. The maximum Gasteiger partial charge on any atom is 0.285 e. The van der Waals surface area contributed by atoms with Crippen molar-refractivity contribution >= 4 is 29.1 Å². The van der Waals surface area contributed by atoms with Crippen LogP contribution in [0.15, 0.2) is 47.6 Å². The van der Waals surface area contributed by atoms with Gasteiger partial charge in [0.1, 0.15) is 11.8 Å². The molecule has 0 saturated heterocycles. The molecular formula is C21H23N5O6. The first-order valence-electron chi connectivity index (χ1n) is 9.51. The van der Waals surface area contributed by atoms with E-state index in [0.29, 0.717) is 11.4 Å². The van der Waals surface area contributed by atoms with E-state index in [-0.39, 0.29) is 29.2 Å². The van der Waals surface area contributed by atoms with Crippen LogP contribution >= 0.6 is 0 Å². The lowest BCUT2D eigenvalue weighted by molar-refractivity contribution is -0.119. The molecule has 32 heavy (non-hydrogen) atoms. The maximum absolute atomic E-state index is 12.6. The van der Waals surface area contributed by atoms with E-state index in [9.17, 15) is 14.4 Å². The van der Waals surface area contributed by atoms with Crippen LogP contribution in [0.1, 0.15) is 16.8 Å². The Morgan fingerprint density at radius 2 is 1.56 bits per heavy atom. The molecule has 2 aromatic rings. The smallest absolute Gasteiger partial charge is 0.285 e. The van der Waals surface area contributed by atoms with Gasteiger partial charge in [-0.2, -0.15) is 5.10 Å². The molecule has 1 unspecified atom stereocenters. The zero-order chi connectivity index (χ0) is 23.3. The van der Waals surface area contributed by atoms with Gasteiger partial charge in [-0.1, -0.05) is 18.2 Å². The molecule has 1 aliphatic rings. The number of ether oxygens (including phenoxy) is 3. The minimum Gasteiger partial charge on any atom is -0.493 e. The molecule has 1 aliphatic heterocycles. The summed E-state index contributed by atoms with van der Waals surface area (Å²) in [4.78, 5) is 37.0. The molecule has 0 radical (unpaired) electrons. The van der Waals surface area contributed by atoms with Gasteiger partial charge in [-0.25, -0.2) is 0 Å². The van der Waals surface area contributed by atoms with Crippen molar-refractivity contribution in [2.45, 2.75) is 12.5 Å². The zero-order valence-corrected chi connectivity index (χ0v) is 17.7. The van der Waals surface area contributed by atoms with E-state index < -0.39 is 23.8 Å². The molecule has 0 spiro atoms. The first-order chi connectivity index (χ1) is 15.4.